The number of likely N-dealkylation sites (tertiary alicyclic amines) is 1. The van der Waals surface area contributed by atoms with Crippen molar-refractivity contribution in [3.05, 3.63) is 0 Å². The third-order valence-corrected chi connectivity index (χ3v) is 3.29. The van der Waals surface area contributed by atoms with Crippen LogP contribution in [-0.4, -0.2) is 37.1 Å². The Kier molecular flexibility index (Phi) is 6.46. The molecular formula is C13H25NO2. The Balaban J connectivity index is 2.15. The maximum Gasteiger partial charge on any atom is 0.309 e. The molecular weight excluding hydrogens is 202 g/mol. The predicted octanol–water partition coefficient (Wildman–Crippen LogP) is 2.45. The molecule has 0 atom stereocenters. The van der Waals surface area contributed by atoms with E-state index in [9.17, 15) is 4.79 Å². The second kappa shape index (κ2) is 7.66. The van der Waals surface area contributed by atoms with Crippen molar-refractivity contribution in [2.45, 2.75) is 46.0 Å². The Hall–Kier alpha value is -0.570. The minimum Gasteiger partial charge on any atom is -0.466 e. The van der Waals surface area contributed by atoms with Gasteiger partial charge in [-0.3, -0.25) is 4.79 Å². The smallest absolute Gasteiger partial charge is 0.309 e. The van der Waals surface area contributed by atoms with Crippen molar-refractivity contribution in [2.24, 2.45) is 5.92 Å². The molecule has 0 aromatic rings. The van der Waals surface area contributed by atoms with Crippen LogP contribution in [0.1, 0.15) is 46.0 Å². The minimum atomic E-state index is 0.00991. The molecule has 0 aliphatic carbocycles. The summed E-state index contributed by atoms with van der Waals surface area (Å²) in [6, 6.07) is 0. The van der Waals surface area contributed by atoms with Gasteiger partial charge in [-0.1, -0.05) is 19.8 Å². The first-order chi connectivity index (χ1) is 7.77. The Morgan fingerprint density at radius 3 is 2.50 bits per heavy atom. The maximum atomic E-state index is 11.5. The van der Waals surface area contributed by atoms with Gasteiger partial charge in [0, 0.05) is 0 Å². The van der Waals surface area contributed by atoms with E-state index >= 15 is 0 Å². The van der Waals surface area contributed by atoms with Gasteiger partial charge in [0.05, 0.1) is 12.5 Å². The summed E-state index contributed by atoms with van der Waals surface area (Å²) in [4.78, 5) is 14.0. The zero-order valence-electron chi connectivity index (χ0n) is 10.7. The van der Waals surface area contributed by atoms with Crippen LogP contribution in [0.2, 0.25) is 0 Å². The second-order valence-electron chi connectivity index (χ2n) is 4.58. The first-order valence-electron chi connectivity index (χ1n) is 6.66. The van der Waals surface area contributed by atoms with Gasteiger partial charge in [-0.2, -0.15) is 0 Å². The highest BCUT2D eigenvalue weighted by Gasteiger charge is 2.25. The molecule has 0 radical (unpaired) electrons. The quantitative estimate of drug-likeness (QED) is 0.515. The molecule has 3 nitrogen and oxygen atoms in total. The highest BCUT2D eigenvalue weighted by atomic mass is 16.5. The van der Waals surface area contributed by atoms with E-state index in [1.807, 2.05) is 6.92 Å². The average Bonchev–Trinajstić information content (AvgIpc) is 2.30. The summed E-state index contributed by atoms with van der Waals surface area (Å²) in [6.45, 7) is 7.93. The fourth-order valence-corrected chi connectivity index (χ4v) is 2.24. The normalized spacial score (nSPS) is 18.6. The van der Waals surface area contributed by atoms with E-state index in [-0.39, 0.29) is 11.9 Å². The molecule has 1 heterocycles. The highest BCUT2D eigenvalue weighted by Crippen LogP contribution is 2.18. The van der Waals surface area contributed by atoms with Crippen LogP contribution < -0.4 is 0 Å². The van der Waals surface area contributed by atoms with Crippen molar-refractivity contribution < 1.29 is 9.53 Å². The molecule has 0 saturated carbocycles. The molecule has 1 saturated heterocycles. The molecule has 1 aliphatic rings. The van der Waals surface area contributed by atoms with Gasteiger partial charge in [0.15, 0.2) is 0 Å². The lowest BCUT2D eigenvalue weighted by molar-refractivity contribution is -0.149. The van der Waals surface area contributed by atoms with E-state index in [1.54, 1.807) is 0 Å². The van der Waals surface area contributed by atoms with Crippen LogP contribution in [0.25, 0.3) is 0 Å². The van der Waals surface area contributed by atoms with Crippen molar-refractivity contribution in [1.29, 1.82) is 0 Å². The minimum absolute atomic E-state index is 0.00991. The van der Waals surface area contributed by atoms with Gasteiger partial charge in [0.1, 0.15) is 0 Å². The summed E-state index contributed by atoms with van der Waals surface area (Å²) in [5.41, 5.74) is 0. The molecule has 0 aromatic heterocycles. The Bertz CT molecular complexity index is 198. The summed E-state index contributed by atoms with van der Waals surface area (Å²) in [6.07, 6.45) is 5.84. The lowest BCUT2D eigenvalue weighted by Gasteiger charge is -2.30. The van der Waals surface area contributed by atoms with E-state index in [0.29, 0.717) is 6.61 Å². The van der Waals surface area contributed by atoms with Crippen LogP contribution in [0, 0.1) is 5.92 Å². The standard InChI is InChI=1S/C13H25NO2/c1-3-5-6-9-14-10-7-12(8-11-14)13(15)16-4-2/h12H,3-11H2,1-2H3. The SMILES string of the molecule is CCCCCN1CCC(C(=O)OCC)CC1. The molecule has 1 aliphatic heterocycles. The highest BCUT2D eigenvalue weighted by molar-refractivity contribution is 5.72. The van der Waals surface area contributed by atoms with Gasteiger partial charge in [-0.15, -0.1) is 0 Å². The first-order valence-corrected chi connectivity index (χ1v) is 6.66. The van der Waals surface area contributed by atoms with Crippen molar-refractivity contribution >= 4 is 5.97 Å². The first kappa shape index (κ1) is 13.5. The van der Waals surface area contributed by atoms with Gasteiger partial charge in [-0.05, 0) is 45.8 Å². The summed E-state index contributed by atoms with van der Waals surface area (Å²) in [5.74, 6) is 0.165. The number of hydrogen-bond donors (Lipinski definition) is 0. The summed E-state index contributed by atoms with van der Waals surface area (Å²) >= 11 is 0. The number of carbonyl (C=O) groups is 1. The number of esters is 1. The molecule has 0 bridgehead atoms. The molecule has 3 heteroatoms. The molecule has 0 amide bonds. The number of piperidine rings is 1. The molecule has 1 fully saturated rings. The number of ether oxygens (including phenoxy) is 1. The number of hydrogen-bond acceptors (Lipinski definition) is 3. The fourth-order valence-electron chi connectivity index (χ4n) is 2.24. The van der Waals surface area contributed by atoms with E-state index in [1.165, 1.54) is 25.8 Å². The number of rotatable bonds is 6. The summed E-state index contributed by atoms with van der Waals surface area (Å²) < 4.78 is 5.06. The van der Waals surface area contributed by atoms with Gasteiger partial charge < -0.3 is 9.64 Å². The van der Waals surface area contributed by atoms with Gasteiger partial charge in [-0.25, -0.2) is 0 Å². The number of carbonyl (C=O) groups excluding carboxylic acids is 1. The van der Waals surface area contributed by atoms with Crippen LogP contribution in [0.4, 0.5) is 0 Å². The molecule has 1 rings (SSSR count). The van der Waals surface area contributed by atoms with Gasteiger partial charge in [0.25, 0.3) is 0 Å². The molecule has 0 aromatic carbocycles. The average molecular weight is 227 g/mol. The molecule has 0 N–H and O–H groups in total. The van der Waals surface area contributed by atoms with E-state index < -0.39 is 0 Å². The summed E-state index contributed by atoms with van der Waals surface area (Å²) in [7, 11) is 0. The second-order valence-corrected chi connectivity index (χ2v) is 4.58. The maximum absolute atomic E-state index is 11.5. The number of nitrogens with zero attached hydrogens (tertiary/aromatic N) is 1. The Labute approximate surface area is 99.1 Å². The van der Waals surface area contributed by atoms with Gasteiger partial charge >= 0.3 is 5.97 Å². The van der Waals surface area contributed by atoms with Gasteiger partial charge in [0.2, 0.25) is 0 Å². The monoisotopic (exact) mass is 227 g/mol. The van der Waals surface area contributed by atoms with Crippen LogP contribution in [0.5, 0.6) is 0 Å². The van der Waals surface area contributed by atoms with E-state index in [4.69, 9.17) is 4.74 Å². The summed E-state index contributed by atoms with van der Waals surface area (Å²) in [5, 5.41) is 0. The third-order valence-electron chi connectivity index (χ3n) is 3.29. The van der Waals surface area contributed by atoms with Crippen molar-refractivity contribution in [3.63, 3.8) is 0 Å². The van der Waals surface area contributed by atoms with E-state index in [2.05, 4.69) is 11.8 Å². The van der Waals surface area contributed by atoms with Crippen LogP contribution in [-0.2, 0) is 9.53 Å². The zero-order chi connectivity index (χ0) is 11.8. The topological polar surface area (TPSA) is 29.5 Å². The third kappa shape index (κ3) is 4.52. The fraction of sp³-hybridized carbons (Fsp3) is 0.923. The number of unbranched alkanes of at least 4 members (excludes halogenated alkanes) is 2. The van der Waals surface area contributed by atoms with E-state index in [0.717, 1.165) is 25.9 Å². The lowest BCUT2D eigenvalue weighted by Crippen LogP contribution is -2.37. The predicted molar refractivity (Wildman–Crippen MR) is 65.3 cm³/mol. The Morgan fingerprint density at radius 2 is 1.94 bits per heavy atom. The Morgan fingerprint density at radius 1 is 1.25 bits per heavy atom. The van der Waals surface area contributed by atoms with Crippen LogP contribution in [0.15, 0.2) is 0 Å². The molecule has 16 heavy (non-hydrogen) atoms. The van der Waals surface area contributed by atoms with Crippen molar-refractivity contribution in [1.82, 2.24) is 4.90 Å². The van der Waals surface area contributed by atoms with Crippen molar-refractivity contribution in [3.8, 4) is 0 Å². The van der Waals surface area contributed by atoms with Crippen LogP contribution in [0.3, 0.4) is 0 Å². The van der Waals surface area contributed by atoms with Crippen molar-refractivity contribution in [2.75, 3.05) is 26.2 Å². The lowest BCUT2D eigenvalue weighted by atomic mass is 9.97. The largest absolute Gasteiger partial charge is 0.466 e. The van der Waals surface area contributed by atoms with Crippen LogP contribution >= 0.6 is 0 Å². The molecule has 0 unspecified atom stereocenters. The zero-order valence-corrected chi connectivity index (χ0v) is 10.7. The molecule has 0 spiro atoms. The molecule has 94 valence electrons.